The van der Waals surface area contributed by atoms with E-state index in [0.29, 0.717) is 28.0 Å². The molecule has 1 amide bonds. The van der Waals surface area contributed by atoms with Crippen molar-refractivity contribution in [2.24, 2.45) is 0 Å². The zero-order valence-electron chi connectivity index (χ0n) is 20.3. The zero-order chi connectivity index (χ0) is 26.2. The van der Waals surface area contributed by atoms with Crippen molar-refractivity contribution in [1.82, 2.24) is 14.9 Å². The van der Waals surface area contributed by atoms with Crippen LogP contribution in [0.5, 0.6) is 0 Å². The number of aliphatic hydroxyl groups is 2. The van der Waals surface area contributed by atoms with Crippen molar-refractivity contribution in [3.8, 4) is 0 Å². The van der Waals surface area contributed by atoms with Gasteiger partial charge in [0.25, 0.3) is 12.3 Å². The molecular formula is C26H29F3N4O3. The minimum atomic E-state index is -2.92. The number of benzene rings is 1. The summed E-state index contributed by atoms with van der Waals surface area (Å²) in [5, 5.41) is 24.8. The molecule has 3 aromatic rings. The Morgan fingerprint density at radius 3 is 2.47 bits per heavy atom. The smallest absolute Gasteiger partial charge is 0.266 e. The van der Waals surface area contributed by atoms with Crippen LogP contribution in [0.2, 0.25) is 0 Å². The van der Waals surface area contributed by atoms with Gasteiger partial charge in [-0.3, -0.25) is 14.8 Å². The fourth-order valence-electron chi connectivity index (χ4n) is 4.67. The molecule has 36 heavy (non-hydrogen) atoms. The number of nitrogens with one attached hydrogen (secondary N) is 1. The number of aromatic nitrogens is 2. The molecule has 7 nitrogen and oxygen atoms in total. The fourth-order valence-corrected chi connectivity index (χ4v) is 4.67. The third-order valence-corrected chi connectivity index (χ3v) is 6.77. The molecule has 192 valence electrons. The molecule has 0 unspecified atom stereocenters. The first-order valence-corrected chi connectivity index (χ1v) is 11.8. The lowest BCUT2D eigenvalue weighted by atomic mass is 9.86. The Morgan fingerprint density at radius 2 is 1.83 bits per heavy atom. The zero-order valence-corrected chi connectivity index (χ0v) is 20.3. The van der Waals surface area contributed by atoms with Crippen molar-refractivity contribution >= 4 is 22.5 Å². The van der Waals surface area contributed by atoms with Gasteiger partial charge in [0.15, 0.2) is 0 Å². The van der Waals surface area contributed by atoms with E-state index in [4.69, 9.17) is 0 Å². The lowest BCUT2D eigenvalue weighted by Gasteiger charge is -2.38. The highest BCUT2D eigenvalue weighted by atomic mass is 19.3. The van der Waals surface area contributed by atoms with Crippen LogP contribution in [0.3, 0.4) is 0 Å². The number of halogens is 3. The van der Waals surface area contributed by atoms with E-state index in [1.165, 1.54) is 24.0 Å². The summed E-state index contributed by atoms with van der Waals surface area (Å²) >= 11 is 0. The molecular weight excluding hydrogens is 473 g/mol. The minimum absolute atomic E-state index is 0.109. The van der Waals surface area contributed by atoms with Crippen molar-refractivity contribution in [3.05, 3.63) is 64.9 Å². The summed E-state index contributed by atoms with van der Waals surface area (Å²) in [5.41, 5.74) is 0.356. The summed E-state index contributed by atoms with van der Waals surface area (Å²) in [5.74, 6) is -1.33. The van der Waals surface area contributed by atoms with Crippen molar-refractivity contribution in [1.29, 1.82) is 0 Å². The summed E-state index contributed by atoms with van der Waals surface area (Å²) < 4.78 is 41.1. The van der Waals surface area contributed by atoms with Crippen molar-refractivity contribution in [3.63, 3.8) is 0 Å². The van der Waals surface area contributed by atoms with Gasteiger partial charge in [0.05, 0.1) is 28.5 Å². The van der Waals surface area contributed by atoms with E-state index in [-0.39, 0.29) is 37.4 Å². The van der Waals surface area contributed by atoms with Gasteiger partial charge in [-0.25, -0.2) is 13.2 Å². The Kier molecular flexibility index (Phi) is 7.19. The molecule has 4 rings (SSSR count). The number of hydrogen-bond donors (Lipinski definition) is 3. The maximum absolute atomic E-state index is 14.7. The van der Waals surface area contributed by atoms with Crippen LogP contribution in [-0.2, 0) is 10.4 Å². The minimum Gasteiger partial charge on any atom is -0.384 e. The van der Waals surface area contributed by atoms with Gasteiger partial charge < -0.3 is 20.4 Å². The van der Waals surface area contributed by atoms with Gasteiger partial charge in [0.2, 0.25) is 0 Å². The lowest BCUT2D eigenvalue weighted by Crippen LogP contribution is -2.48. The number of rotatable bonds is 6. The average Bonchev–Trinajstić information content (AvgIpc) is 2.84. The fraction of sp³-hybridized carbons (Fsp3) is 0.423. The van der Waals surface area contributed by atoms with E-state index in [9.17, 15) is 28.2 Å². The molecule has 1 aliphatic heterocycles. The van der Waals surface area contributed by atoms with Crippen molar-refractivity contribution in [2.45, 2.75) is 57.8 Å². The molecule has 0 saturated carbocycles. The highest BCUT2D eigenvalue weighted by Crippen LogP contribution is 2.36. The second-order valence-corrected chi connectivity index (χ2v) is 9.30. The molecule has 1 aliphatic rings. The monoisotopic (exact) mass is 502 g/mol. The molecule has 10 heteroatoms. The number of aryl methyl sites for hydroxylation is 1. The molecule has 1 saturated heterocycles. The normalized spacial score (nSPS) is 17.3. The first-order chi connectivity index (χ1) is 17.0. The number of nitrogens with zero attached hydrogens (tertiary/aromatic N) is 3. The van der Waals surface area contributed by atoms with Crippen LogP contribution in [0.1, 0.15) is 61.7 Å². The number of carbonyl (C=O) groups excluding carboxylic acids is 1. The lowest BCUT2D eigenvalue weighted by molar-refractivity contribution is -0.143. The molecule has 0 aliphatic carbocycles. The Labute approximate surface area is 207 Å². The SMILES string of the molecule is Cc1nc(C2(O)CCN(C(=O)[C@H](C)O)CC2)cc2c(N[C@H](C)c3cccc(C(F)F)c3F)ccnc12. The number of hydrogen-bond acceptors (Lipinski definition) is 6. The van der Waals surface area contributed by atoms with Gasteiger partial charge in [-0.1, -0.05) is 18.2 Å². The summed E-state index contributed by atoms with van der Waals surface area (Å²) in [6, 6.07) is 6.72. The highest BCUT2D eigenvalue weighted by molar-refractivity contribution is 5.92. The Balaban J connectivity index is 1.66. The third kappa shape index (κ3) is 4.87. The van der Waals surface area contributed by atoms with Gasteiger partial charge in [0.1, 0.15) is 17.5 Å². The third-order valence-electron chi connectivity index (χ3n) is 6.77. The largest absolute Gasteiger partial charge is 0.384 e. The molecule has 3 N–H and O–H groups in total. The maximum Gasteiger partial charge on any atom is 0.266 e. The highest BCUT2D eigenvalue weighted by Gasteiger charge is 2.38. The van der Waals surface area contributed by atoms with E-state index in [1.807, 2.05) is 0 Å². The second-order valence-electron chi connectivity index (χ2n) is 9.30. The number of amides is 1. The van der Waals surface area contributed by atoms with E-state index >= 15 is 0 Å². The topological polar surface area (TPSA) is 98.6 Å². The van der Waals surface area contributed by atoms with Crippen LogP contribution in [0.15, 0.2) is 36.5 Å². The van der Waals surface area contributed by atoms with Gasteiger partial charge in [0, 0.05) is 35.9 Å². The van der Waals surface area contributed by atoms with Crippen molar-refractivity contribution in [2.75, 3.05) is 18.4 Å². The van der Waals surface area contributed by atoms with E-state index in [1.54, 1.807) is 32.2 Å². The van der Waals surface area contributed by atoms with Crippen LogP contribution < -0.4 is 5.32 Å². The summed E-state index contributed by atoms with van der Waals surface area (Å²) in [4.78, 5) is 22.6. The maximum atomic E-state index is 14.7. The number of carbonyl (C=O) groups is 1. The Hall–Kier alpha value is -3.24. The Bertz CT molecular complexity index is 1280. The molecule has 0 radical (unpaired) electrons. The van der Waals surface area contributed by atoms with E-state index in [2.05, 4.69) is 15.3 Å². The summed E-state index contributed by atoms with van der Waals surface area (Å²) in [7, 11) is 0. The summed E-state index contributed by atoms with van der Waals surface area (Å²) in [6.45, 7) is 5.40. The standard InChI is InChI=1S/C26H29F3N4O3/c1-14(17-5-4-6-18(22(17)27)24(28)29)31-20-7-10-30-23-15(2)32-21(13-19(20)23)26(36)8-11-33(12-9-26)25(35)16(3)34/h4-7,10,13-14,16,24,34,36H,8-9,11-12H2,1-3H3,(H,30,31)/t14-,16+/m1/s1. The molecule has 2 atom stereocenters. The van der Waals surface area contributed by atoms with Gasteiger partial charge in [-0.15, -0.1) is 0 Å². The molecule has 0 spiro atoms. The predicted octanol–water partition coefficient (Wildman–Crippen LogP) is 4.38. The van der Waals surface area contributed by atoms with E-state index < -0.39 is 35.6 Å². The first-order valence-electron chi connectivity index (χ1n) is 11.8. The Morgan fingerprint density at radius 1 is 1.17 bits per heavy atom. The van der Waals surface area contributed by atoms with Gasteiger partial charge in [-0.05, 0) is 45.7 Å². The van der Waals surface area contributed by atoms with Crippen LogP contribution in [0.4, 0.5) is 18.9 Å². The average molecular weight is 503 g/mol. The van der Waals surface area contributed by atoms with Crippen LogP contribution in [0.25, 0.3) is 10.9 Å². The number of fused-ring (bicyclic) bond motifs is 1. The quantitative estimate of drug-likeness (QED) is 0.463. The number of pyridine rings is 2. The molecule has 3 heterocycles. The second kappa shape index (κ2) is 10.0. The first kappa shape index (κ1) is 25.8. The number of piperidine rings is 1. The summed E-state index contributed by atoms with van der Waals surface area (Å²) in [6.07, 6.45) is -1.96. The molecule has 1 fully saturated rings. The van der Waals surface area contributed by atoms with Crippen molar-refractivity contribution < 1.29 is 28.2 Å². The van der Waals surface area contributed by atoms with Gasteiger partial charge in [-0.2, -0.15) is 0 Å². The van der Waals surface area contributed by atoms with Gasteiger partial charge >= 0.3 is 0 Å². The number of anilines is 1. The molecule has 0 bridgehead atoms. The number of likely N-dealkylation sites (tertiary alicyclic amines) is 1. The number of aliphatic hydroxyl groups excluding tert-OH is 1. The van der Waals surface area contributed by atoms with Crippen LogP contribution >= 0.6 is 0 Å². The molecule has 2 aromatic heterocycles. The van der Waals surface area contributed by atoms with E-state index in [0.717, 1.165) is 6.07 Å². The van der Waals surface area contributed by atoms with Crippen LogP contribution in [-0.4, -0.2) is 50.2 Å². The molecule has 1 aromatic carbocycles. The predicted molar refractivity (Wildman–Crippen MR) is 129 cm³/mol. The number of alkyl halides is 2. The van der Waals surface area contributed by atoms with Crippen LogP contribution in [0, 0.1) is 12.7 Å².